The van der Waals surface area contributed by atoms with Crippen LogP contribution in [0.15, 0.2) is 188 Å². The summed E-state index contributed by atoms with van der Waals surface area (Å²) in [6.45, 7) is 0. The molecule has 10 aromatic carbocycles. The summed E-state index contributed by atoms with van der Waals surface area (Å²) in [5, 5.41) is 15.8. The van der Waals surface area contributed by atoms with Crippen molar-refractivity contribution in [2.24, 2.45) is 0 Å². The van der Waals surface area contributed by atoms with Gasteiger partial charge in [-0.3, -0.25) is 4.57 Å². The molecule has 3 nitrogen and oxygen atoms in total. The zero-order valence-corrected chi connectivity index (χ0v) is 29.7. The van der Waals surface area contributed by atoms with Gasteiger partial charge in [-0.15, -0.1) is 0 Å². The lowest BCUT2D eigenvalue weighted by molar-refractivity contribution is 1.01. The van der Waals surface area contributed by atoms with Crippen LogP contribution in [0.1, 0.15) is 0 Å². The van der Waals surface area contributed by atoms with E-state index in [1.807, 2.05) is 0 Å². The van der Waals surface area contributed by atoms with Crippen LogP contribution < -0.4 is 0 Å². The summed E-state index contributed by atoms with van der Waals surface area (Å²) in [5.74, 6) is 0.654. The fourth-order valence-corrected chi connectivity index (χ4v) is 9.15. The van der Waals surface area contributed by atoms with Gasteiger partial charge in [-0.2, -0.15) is 0 Å². The van der Waals surface area contributed by atoms with Crippen molar-refractivity contribution in [1.82, 2.24) is 14.5 Å². The highest BCUT2D eigenvalue weighted by Crippen LogP contribution is 2.46. The van der Waals surface area contributed by atoms with Gasteiger partial charge in [0.15, 0.2) is 0 Å². The molecule has 0 amide bonds. The summed E-state index contributed by atoms with van der Waals surface area (Å²) >= 11 is 0. The first kappa shape index (κ1) is 30.1. The molecule has 0 saturated heterocycles. The van der Waals surface area contributed by atoms with E-state index in [0.29, 0.717) is 5.95 Å². The van der Waals surface area contributed by atoms with E-state index >= 15 is 0 Å². The molecule has 2 heterocycles. The maximum atomic E-state index is 5.49. The molecule has 3 heteroatoms. The molecular formula is C52H31N3. The molecule has 2 aromatic heterocycles. The van der Waals surface area contributed by atoms with Crippen molar-refractivity contribution in [1.29, 1.82) is 0 Å². The van der Waals surface area contributed by atoms with Crippen LogP contribution in [0.3, 0.4) is 0 Å². The Hall–Kier alpha value is -7.36. The van der Waals surface area contributed by atoms with Crippen molar-refractivity contribution < 1.29 is 0 Å². The largest absolute Gasteiger partial charge is 0.277 e. The van der Waals surface area contributed by atoms with Crippen molar-refractivity contribution in [3.63, 3.8) is 0 Å². The Kier molecular flexibility index (Phi) is 6.34. The van der Waals surface area contributed by atoms with Crippen LogP contribution >= 0.6 is 0 Å². The number of para-hydroxylation sites is 1. The first-order valence-electron chi connectivity index (χ1n) is 18.8. The normalized spacial score (nSPS) is 12.0. The Morgan fingerprint density at radius 2 is 0.927 bits per heavy atom. The monoisotopic (exact) mass is 697 g/mol. The number of aromatic nitrogens is 3. The van der Waals surface area contributed by atoms with Crippen molar-refractivity contribution in [2.45, 2.75) is 0 Å². The Balaban J connectivity index is 1.29. The van der Waals surface area contributed by atoms with Gasteiger partial charge < -0.3 is 0 Å². The van der Waals surface area contributed by atoms with Crippen LogP contribution in [0.4, 0.5) is 0 Å². The molecule has 0 spiro atoms. The number of nitrogens with zero attached hydrogens (tertiary/aromatic N) is 3. The second-order valence-electron chi connectivity index (χ2n) is 14.5. The minimum Gasteiger partial charge on any atom is -0.277 e. The predicted molar refractivity (Wildman–Crippen MR) is 232 cm³/mol. The molecule has 0 unspecified atom stereocenters. The molecule has 0 aliphatic carbocycles. The number of rotatable bonds is 3. The molecule has 0 atom stereocenters. The Bertz CT molecular complexity index is 3510. The average Bonchev–Trinajstić information content (AvgIpc) is 3.59. The van der Waals surface area contributed by atoms with E-state index in [9.17, 15) is 0 Å². The standard InChI is InChI=1S/C52H31N3/c1-2-15-33(16-3-1)50-43-24-12-13-25-46(43)53-52(54-50)55-47-29-27-32-14-4-6-18-36(32)49(47)45-30-34-17-5-7-19-37(34)48(51(45)55)35-26-28-42-40-22-9-8-20-38(40)39-21-10-11-23-41(39)44(42)31-35/h1-31H. The lowest BCUT2D eigenvalue weighted by Crippen LogP contribution is -2.04. The van der Waals surface area contributed by atoms with Gasteiger partial charge in [0, 0.05) is 27.3 Å². The molecule has 0 bridgehead atoms. The Labute approximate surface area is 316 Å². The van der Waals surface area contributed by atoms with Gasteiger partial charge in [-0.25, -0.2) is 9.97 Å². The molecule has 0 fully saturated rings. The summed E-state index contributed by atoms with van der Waals surface area (Å²) in [4.78, 5) is 10.9. The van der Waals surface area contributed by atoms with Crippen LogP contribution in [-0.2, 0) is 0 Å². The van der Waals surface area contributed by atoms with E-state index in [1.165, 1.54) is 70.2 Å². The van der Waals surface area contributed by atoms with Gasteiger partial charge in [-0.05, 0) is 83.7 Å². The first-order chi connectivity index (χ1) is 27.3. The molecule has 0 saturated carbocycles. The molecule has 0 aliphatic heterocycles. The fraction of sp³-hybridized carbons (Fsp3) is 0. The molecule has 0 aliphatic rings. The molecule has 254 valence electrons. The van der Waals surface area contributed by atoms with Crippen molar-refractivity contribution >= 4 is 86.6 Å². The summed E-state index contributed by atoms with van der Waals surface area (Å²) in [5.41, 5.74) is 7.41. The second kappa shape index (κ2) is 11.6. The molecule has 55 heavy (non-hydrogen) atoms. The van der Waals surface area contributed by atoms with Gasteiger partial charge in [0.1, 0.15) is 0 Å². The van der Waals surface area contributed by atoms with Crippen molar-refractivity contribution in [3.8, 4) is 28.3 Å². The first-order valence-corrected chi connectivity index (χ1v) is 18.8. The Morgan fingerprint density at radius 3 is 1.67 bits per heavy atom. The van der Waals surface area contributed by atoms with Crippen LogP contribution in [0, 0.1) is 0 Å². The zero-order chi connectivity index (χ0) is 36.0. The van der Waals surface area contributed by atoms with Crippen molar-refractivity contribution in [2.75, 3.05) is 0 Å². The van der Waals surface area contributed by atoms with Gasteiger partial charge in [0.2, 0.25) is 5.95 Å². The van der Waals surface area contributed by atoms with Crippen LogP contribution in [-0.4, -0.2) is 14.5 Å². The third-order valence-electron chi connectivity index (χ3n) is 11.5. The molecular weight excluding hydrogens is 667 g/mol. The molecule has 0 radical (unpaired) electrons. The van der Waals surface area contributed by atoms with Gasteiger partial charge >= 0.3 is 0 Å². The third-order valence-corrected chi connectivity index (χ3v) is 11.5. The summed E-state index contributed by atoms with van der Waals surface area (Å²) in [6.07, 6.45) is 0. The summed E-state index contributed by atoms with van der Waals surface area (Å²) in [6, 6.07) is 67.9. The highest BCUT2D eigenvalue weighted by Gasteiger charge is 2.24. The summed E-state index contributed by atoms with van der Waals surface area (Å²) in [7, 11) is 0. The minimum atomic E-state index is 0.654. The van der Waals surface area contributed by atoms with E-state index < -0.39 is 0 Å². The van der Waals surface area contributed by atoms with Crippen LogP contribution in [0.5, 0.6) is 0 Å². The SMILES string of the molecule is c1ccc(-c2nc(-n3c4ccc5ccccc5c4c4cc5ccccc5c(-c5ccc6c7ccccc7c7ccccc7c6c5)c43)nc3ccccc23)cc1. The number of hydrogen-bond donors (Lipinski definition) is 0. The van der Waals surface area contributed by atoms with E-state index in [0.717, 1.165) is 38.8 Å². The molecule has 12 aromatic rings. The number of fused-ring (bicyclic) bond motifs is 13. The van der Waals surface area contributed by atoms with E-state index in [2.05, 4.69) is 193 Å². The predicted octanol–water partition coefficient (Wildman–Crippen LogP) is 13.8. The molecule has 12 rings (SSSR count). The lowest BCUT2D eigenvalue weighted by atomic mass is 9.89. The van der Waals surface area contributed by atoms with E-state index in [-0.39, 0.29) is 0 Å². The zero-order valence-electron chi connectivity index (χ0n) is 29.7. The number of benzene rings is 10. The summed E-state index contributed by atoms with van der Waals surface area (Å²) < 4.78 is 2.33. The molecule has 0 N–H and O–H groups in total. The quantitative estimate of drug-likeness (QED) is 0.172. The highest BCUT2D eigenvalue weighted by molar-refractivity contribution is 6.29. The van der Waals surface area contributed by atoms with E-state index in [1.54, 1.807) is 0 Å². The van der Waals surface area contributed by atoms with Gasteiger partial charge in [0.25, 0.3) is 0 Å². The number of hydrogen-bond acceptors (Lipinski definition) is 2. The van der Waals surface area contributed by atoms with Gasteiger partial charge in [0.05, 0.1) is 22.2 Å². The van der Waals surface area contributed by atoms with E-state index in [4.69, 9.17) is 9.97 Å². The Morgan fingerprint density at radius 1 is 0.345 bits per heavy atom. The van der Waals surface area contributed by atoms with Crippen LogP contribution in [0.2, 0.25) is 0 Å². The fourth-order valence-electron chi connectivity index (χ4n) is 9.15. The second-order valence-corrected chi connectivity index (χ2v) is 14.5. The average molecular weight is 698 g/mol. The van der Waals surface area contributed by atoms with Crippen molar-refractivity contribution in [3.05, 3.63) is 188 Å². The van der Waals surface area contributed by atoms with Gasteiger partial charge in [-0.1, -0.05) is 164 Å². The third kappa shape index (κ3) is 4.38. The minimum absolute atomic E-state index is 0.654. The van der Waals surface area contributed by atoms with Crippen LogP contribution in [0.25, 0.3) is 115 Å². The topological polar surface area (TPSA) is 30.7 Å². The smallest absolute Gasteiger partial charge is 0.235 e. The maximum absolute atomic E-state index is 5.49. The lowest BCUT2D eigenvalue weighted by Gasteiger charge is -2.16. The highest BCUT2D eigenvalue weighted by atomic mass is 15.2. The maximum Gasteiger partial charge on any atom is 0.235 e.